The van der Waals surface area contributed by atoms with Crippen LogP contribution in [0.3, 0.4) is 0 Å². The summed E-state index contributed by atoms with van der Waals surface area (Å²) in [5.41, 5.74) is 0.504. The number of alkyl halides is 2. The van der Waals surface area contributed by atoms with Gasteiger partial charge in [-0.15, -0.1) is 0 Å². The van der Waals surface area contributed by atoms with Crippen molar-refractivity contribution in [2.24, 2.45) is 0 Å². The van der Waals surface area contributed by atoms with Gasteiger partial charge < -0.3 is 24.8 Å². The Labute approximate surface area is 207 Å². The Kier molecular flexibility index (Phi) is 6.60. The van der Waals surface area contributed by atoms with Crippen LogP contribution in [0.25, 0.3) is 10.8 Å². The van der Waals surface area contributed by atoms with Crippen LogP contribution < -0.4 is 10.2 Å². The van der Waals surface area contributed by atoms with Crippen molar-refractivity contribution in [3.05, 3.63) is 29.4 Å². The number of benzene rings is 1. The van der Waals surface area contributed by atoms with Crippen LogP contribution in [-0.4, -0.2) is 90.6 Å². The number of carbonyl (C=O) groups is 1. The molecule has 3 fully saturated rings. The monoisotopic (exact) mass is 510 g/mol. The van der Waals surface area contributed by atoms with Crippen molar-refractivity contribution in [1.29, 1.82) is 0 Å². The maximum atomic E-state index is 13.3. The molecule has 190 valence electrons. The van der Waals surface area contributed by atoms with Crippen LogP contribution in [0.1, 0.15) is 19.8 Å². The number of amides is 1. The van der Waals surface area contributed by atoms with E-state index in [1.807, 2.05) is 19.1 Å². The van der Waals surface area contributed by atoms with Crippen LogP contribution in [-0.2, 0) is 14.3 Å². The number of aliphatic hydroxyl groups excluding tert-OH is 1. The fourth-order valence-electron chi connectivity index (χ4n) is 5.01. The van der Waals surface area contributed by atoms with E-state index in [1.54, 1.807) is 12.3 Å². The number of halogens is 3. The lowest BCUT2D eigenvalue weighted by Crippen LogP contribution is -2.60. The Morgan fingerprint density at radius 1 is 1.20 bits per heavy atom. The highest BCUT2D eigenvalue weighted by atomic mass is 35.5. The number of piperazine rings is 1. The molecule has 1 aromatic carbocycles. The molecule has 0 radical (unpaired) electrons. The molecule has 1 amide bonds. The summed E-state index contributed by atoms with van der Waals surface area (Å²) in [7, 11) is 0. The molecular weight excluding hydrogens is 482 g/mol. The zero-order chi connectivity index (χ0) is 24.8. The molecule has 5 rings (SSSR count). The minimum absolute atomic E-state index is 0.0413. The molecule has 0 unspecified atom stereocenters. The molecule has 2 aromatic rings. The molecule has 3 aliphatic heterocycles. The Morgan fingerprint density at radius 3 is 2.63 bits per heavy atom. The molecule has 4 heterocycles. The maximum absolute atomic E-state index is 13.3. The van der Waals surface area contributed by atoms with E-state index < -0.39 is 30.6 Å². The third-order valence-electron chi connectivity index (χ3n) is 7.33. The van der Waals surface area contributed by atoms with Gasteiger partial charge in [-0.25, -0.2) is 13.8 Å². The fourth-order valence-corrected chi connectivity index (χ4v) is 5.30. The molecule has 0 saturated carbocycles. The van der Waals surface area contributed by atoms with E-state index in [1.165, 1.54) is 0 Å². The number of aliphatic hydroxyl groups is 1. The van der Waals surface area contributed by atoms with Gasteiger partial charge in [-0.2, -0.15) is 0 Å². The topological polar surface area (TPSA) is 87.2 Å². The van der Waals surface area contributed by atoms with Crippen LogP contribution in [0, 0.1) is 0 Å². The number of rotatable bonds is 4. The first-order chi connectivity index (χ1) is 16.6. The van der Waals surface area contributed by atoms with Crippen molar-refractivity contribution in [2.75, 3.05) is 56.2 Å². The van der Waals surface area contributed by atoms with E-state index in [0.717, 1.165) is 42.6 Å². The van der Waals surface area contributed by atoms with Gasteiger partial charge in [-0.1, -0.05) is 11.6 Å². The number of pyridine rings is 1. The number of ether oxygens (including phenoxy) is 2. The SMILES string of the molecule is C[C@@]1(N2CCN(c3cc4cc(NC(=O)[C@H]5CCC(F)(F)CO5)ncc4cc3Cl)CC2)COC[C@@H]1O. The molecule has 8 nitrogen and oxygen atoms in total. The third kappa shape index (κ3) is 4.95. The van der Waals surface area contributed by atoms with E-state index in [2.05, 4.69) is 20.1 Å². The lowest BCUT2D eigenvalue weighted by molar-refractivity contribution is -0.158. The van der Waals surface area contributed by atoms with Crippen molar-refractivity contribution in [3.63, 3.8) is 0 Å². The van der Waals surface area contributed by atoms with Crippen LogP contribution in [0.4, 0.5) is 20.3 Å². The van der Waals surface area contributed by atoms with Crippen molar-refractivity contribution < 1.29 is 28.2 Å². The summed E-state index contributed by atoms with van der Waals surface area (Å²) in [4.78, 5) is 21.2. The van der Waals surface area contributed by atoms with E-state index in [0.29, 0.717) is 24.1 Å². The fraction of sp³-hybridized carbons (Fsp3) is 0.583. The molecule has 3 saturated heterocycles. The van der Waals surface area contributed by atoms with Gasteiger partial charge in [0.2, 0.25) is 0 Å². The molecule has 1 aromatic heterocycles. The minimum Gasteiger partial charge on any atom is -0.389 e. The van der Waals surface area contributed by atoms with Crippen molar-refractivity contribution >= 4 is 39.8 Å². The second-order valence-corrected chi connectivity index (χ2v) is 10.2. The van der Waals surface area contributed by atoms with E-state index >= 15 is 0 Å². The first-order valence-corrected chi connectivity index (χ1v) is 12.2. The predicted octanol–water partition coefficient (Wildman–Crippen LogP) is 2.91. The maximum Gasteiger partial charge on any atom is 0.271 e. The van der Waals surface area contributed by atoms with Crippen molar-refractivity contribution in [3.8, 4) is 0 Å². The number of aromatic nitrogens is 1. The largest absolute Gasteiger partial charge is 0.389 e. The molecule has 0 spiro atoms. The molecule has 3 aliphatic rings. The average Bonchev–Trinajstić information content (AvgIpc) is 3.18. The summed E-state index contributed by atoms with van der Waals surface area (Å²) in [6, 6.07) is 5.56. The van der Waals surface area contributed by atoms with Gasteiger partial charge in [0.1, 0.15) is 18.5 Å². The Morgan fingerprint density at radius 2 is 1.97 bits per heavy atom. The Bertz CT molecular complexity index is 1100. The van der Waals surface area contributed by atoms with Gasteiger partial charge in [-0.05, 0) is 36.9 Å². The quantitative estimate of drug-likeness (QED) is 0.654. The summed E-state index contributed by atoms with van der Waals surface area (Å²) < 4.78 is 37.1. The molecule has 0 bridgehead atoms. The zero-order valence-electron chi connectivity index (χ0n) is 19.5. The highest BCUT2D eigenvalue weighted by Crippen LogP contribution is 2.34. The van der Waals surface area contributed by atoms with Crippen LogP contribution in [0.15, 0.2) is 24.4 Å². The van der Waals surface area contributed by atoms with E-state index in [-0.39, 0.29) is 18.4 Å². The summed E-state index contributed by atoms with van der Waals surface area (Å²) >= 11 is 6.61. The predicted molar refractivity (Wildman–Crippen MR) is 128 cm³/mol. The molecular formula is C24H29ClF2N4O4. The summed E-state index contributed by atoms with van der Waals surface area (Å²) in [5, 5.41) is 15.3. The first-order valence-electron chi connectivity index (χ1n) is 11.8. The van der Waals surface area contributed by atoms with Gasteiger partial charge in [0.15, 0.2) is 0 Å². The highest BCUT2D eigenvalue weighted by molar-refractivity contribution is 6.34. The Hall–Kier alpha value is -2.11. The second kappa shape index (κ2) is 9.40. The van der Waals surface area contributed by atoms with Crippen LogP contribution in [0.2, 0.25) is 5.02 Å². The normalized spacial score (nSPS) is 29.5. The van der Waals surface area contributed by atoms with E-state index in [4.69, 9.17) is 21.1 Å². The summed E-state index contributed by atoms with van der Waals surface area (Å²) in [5.74, 6) is -3.05. The molecule has 3 atom stereocenters. The van der Waals surface area contributed by atoms with Gasteiger partial charge in [0.05, 0.1) is 35.6 Å². The van der Waals surface area contributed by atoms with Crippen LogP contribution >= 0.6 is 11.6 Å². The van der Waals surface area contributed by atoms with E-state index in [9.17, 15) is 18.7 Å². The number of carbonyl (C=O) groups excluding carboxylic acids is 1. The smallest absolute Gasteiger partial charge is 0.271 e. The molecule has 2 N–H and O–H groups in total. The third-order valence-corrected chi connectivity index (χ3v) is 7.63. The average molecular weight is 511 g/mol. The van der Waals surface area contributed by atoms with Crippen LogP contribution in [0.5, 0.6) is 0 Å². The molecule has 35 heavy (non-hydrogen) atoms. The lowest BCUT2D eigenvalue weighted by Gasteiger charge is -2.45. The molecule has 0 aliphatic carbocycles. The first kappa shape index (κ1) is 24.6. The molecule has 11 heteroatoms. The number of nitrogens with zero attached hydrogens (tertiary/aromatic N) is 3. The number of nitrogens with one attached hydrogen (secondary N) is 1. The summed E-state index contributed by atoms with van der Waals surface area (Å²) in [6.07, 6.45) is -0.224. The Balaban J connectivity index is 1.28. The highest BCUT2D eigenvalue weighted by Gasteiger charge is 2.44. The van der Waals surface area contributed by atoms with Crippen molar-refractivity contribution in [2.45, 2.75) is 43.4 Å². The van der Waals surface area contributed by atoms with Crippen molar-refractivity contribution in [1.82, 2.24) is 9.88 Å². The van der Waals surface area contributed by atoms with Gasteiger partial charge in [0.25, 0.3) is 11.8 Å². The van der Waals surface area contributed by atoms with Gasteiger partial charge in [0, 0.05) is 44.2 Å². The van der Waals surface area contributed by atoms with Gasteiger partial charge >= 0.3 is 0 Å². The van der Waals surface area contributed by atoms with Gasteiger partial charge in [-0.3, -0.25) is 9.69 Å². The standard InChI is InChI=1S/C24H29ClF2N4O4/c1-23(13-34-12-20(23)32)31-6-4-30(5-7-31)18-9-15-10-21(28-11-16(15)8-17(18)25)29-22(33)19-2-3-24(26,27)14-35-19/h8-11,19-20,32H,2-7,12-14H2,1H3,(H,28,29,33)/t19-,20+,23-/m1/s1. The number of hydrogen-bond donors (Lipinski definition) is 2. The lowest BCUT2D eigenvalue weighted by atomic mass is 9.95. The minimum atomic E-state index is -2.89. The second-order valence-electron chi connectivity index (χ2n) is 9.77. The zero-order valence-corrected chi connectivity index (χ0v) is 20.2. The number of fused-ring (bicyclic) bond motifs is 1. The number of anilines is 2. The summed E-state index contributed by atoms with van der Waals surface area (Å²) in [6.45, 7) is 5.18. The number of hydrogen-bond acceptors (Lipinski definition) is 7.